The molecule has 182 valence electrons. The van der Waals surface area contributed by atoms with Gasteiger partial charge in [-0.25, -0.2) is 8.42 Å². The molecule has 3 rings (SSSR count). The number of hydrogen-bond donors (Lipinski definition) is 1. The van der Waals surface area contributed by atoms with E-state index in [9.17, 15) is 28.1 Å². The Kier molecular flexibility index (Phi) is 7.65. The van der Waals surface area contributed by atoms with Crippen molar-refractivity contribution >= 4 is 39.1 Å². The molecule has 1 N–H and O–H groups in total. The van der Waals surface area contributed by atoms with Gasteiger partial charge in [-0.1, -0.05) is 31.9 Å². The fourth-order valence-corrected chi connectivity index (χ4v) is 5.43. The van der Waals surface area contributed by atoms with Crippen molar-refractivity contribution in [3.05, 3.63) is 33.3 Å². The van der Waals surface area contributed by atoms with Gasteiger partial charge in [0.2, 0.25) is 21.8 Å². The normalized spacial score (nSPS) is 20.9. The third-order valence-electron chi connectivity index (χ3n) is 6.33. The number of amides is 2. The van der Waals surface area contributed by atoms with Crippen molar-refractivity contribution in [3.8, 4) is 0 Å². The van der Waals surface area contributed by atoms with Crippen molar-refractivity contribution < 1.29 is 22.9 Å². The summed E-state index contributed by atoms with van der Waals surface area (Å²) in [6, 6.07) is 1.98. The fourth-order valence-electron chi connectivity index (χ4n) is 3.93. The van der Waals surface area contributed by atoms with Crippen molar-refractivity contribution in [2.75, 3.05) is 19.6 Å². The molecule has 0 bridgehead atoms. The highest BCUT2D eigenvalue weighted by molar-refractivity contribution is 7.89. The molecule has 2 fully saturated rings. The first kappa shape index (κ1) is 25.4. The lowest BCUT2D eigenvalue weighted by atomic mass is 9.98. The van der Waals surface area contributed by atoms with Gasteiger partial charge in [-0.2, -0.15) is 4.72 Å². The molecule has 1 saturated carbocycles. The van der Waals surface area contributed by atoms with Gasteiger partial charge in [-0.05, 0) is 37.8 Å². The quantitative estimate of drug-likeness (QED) is 0.431. The second-order valence-electron chi connectivity index (χ2n) is 8.79. The summed E-state index contributed by atoms with van der Waals surface area (Å²) in [4.78, 5) is 39.3. The summed E-state index contributed by atoms with van der Waals surface area (Å²) in [5.41, 5.74) is -0.531. The van der Waals surface area contributed by atoms with Gasteiger partial charge in [0.1, 0.15) is 11.1 Å². The number of sulfonamides is 1. The second-order valence-corrected chi connectivity index (χ2v) is 10.9. The lowest BCUT2D eigenvalue weighted by molar-refractivity contribution is -0.384. The second kappa shape index (κ2) is 9.94. The molecule has 0 radical (unpaired) electrons. The first-order chi connectivity index (χ1) is 15.5. The van der Waals surface area contributed by atoms with Crippen molar-refractivity contribution in [2.45, 2.75) is 57.0 Å². The van der Waals surface area contributed by atoms with Gasteiger partial charge < -0.3 is 9.80 Å². The number of benzene rings is 1. The van der Waals surface area contributed by atoms with Gasteiger partial charge in [0, 0.05) is 37.7 Å². The van der Waals surface area contributed by atoms with Crippen LogP contribution in [0.25, 0.3) is 0 Å². The molecule has 3 atom stereocenters. The van der Waals surface area contributed by atoms with Gasteiger partial charge in [-0.3, -0.25) is 19.7 Å². The minimum Gasteiger partial charge on any atom is -0.337 e. The number of nitrogens with one attached hydrogen (secondary N) is 1. The summed E-state index contributed by atoms with van der Waals surface area (Å²) < 4.78 is 28.5. The zero-order valence-corrected chi connectivity index (χ0v) is 20.4. The van der Waals surface area contributed by atoms with E-state index in [0.717, 1.165) is 25.0 Å². The predicted molar refractivity (Wildman–Crippen MR) is 122 cm³/mol. The molecule has 1 aliphatic heterocycles. The van der Waals surface area contributed by atoms with Crippen molar-refractivity contribution in [3.63, 3.8) is 0 Å². The van der Waals surface area contributed by atoms with E-state index in [0.29, 0.717) is 26.1 Å². The number of halogens is 1. The Morgan fingerprint density at radius 1 is 1.30 bits per heavy atom. The summed E-state index contributed by atoms with van der Waals surface area (Å²) in [5, 5.41) is 11.0. The van der Waals surface area contributed by atoms with E-state index in [1.165, 1.54) is 6.07 Å². The Morgan fingerprint density at radius 3 is 2.52 bits per heavy atom. The zero-order valence-electron chi connectivity index (χ0n) is 18.9. The molecule has 0 spiro atoms. The maximum absolute atomic E-state index is 13.4. The average Bonchev–Trinajstić information content (AvgIpc) is 3.61. The van der Waals surface area contributed by atoms with Crippen LogP contribution in [-0.4, -0.2) is 66.7 Å². The van der Waals surface area contributed by atoms with E-state index in [2.05, 4.69) is 4.72 Å². The molecule has 2 amide bonds. The Morgan fingerprint density at radius 2 is 1.97 bits per heavy atom. The molecule has 1 saturated heterocycles. The van der Waals surface area contributed by atoms with Gasteiger partial charge >= 0.3 is 0 Å². The molecule has 3 unspecified atom stereocenters. The van der Waals surface area contributed by atoms with Crippen LogP contribution in [0.2, 0.25) is 5.02 Å². The molecular weight excluding hydrogens is 472 g/mol. The molecule has 1 heterocycles. The van der Waals surface area contributed by atoms with Crippen LogP contribution in [0.3, 0.4) is 0 Å². The smallest absolute Gasteiger partial charge is 0.289 e. The SMILES string of the molecule is CCC(C)C(NS(=O)(=O)c1ccc(Cl)c([N+](=O)[O-])c1)C(=O)N1CCN(C(=O)C2CC2)C(C)C1. The number of nitro benzene ring substituents is 1. The lowest BCUT2D eigenvalue weighted by Gasteiger charge is -2.41. The summed E-state index contributed by atoms with van der Waals surface area (Å²) >= 11 is 5.80. The maximum atomic E-state index is 13.4. The Balaban J connectivity index is 1.78. The Labute approximate surface area is 198 Å². The minimum atomic E-state index is -4.24. The average molecular weight is 501 g/mol. The monoisotopic (exact) mass is 500 g/mol. The van der Waals surface area contributed by atoms with Crippen molar-refractivity contribution in [1.29, 1.82) is 0 Å². The standard InChI is InChI=1S/C21H29ClN4O6S/c1-4-13(2)19(23-33(31,32)16-7-8-17(22)18(11-16)26(29)30)21(28)24-9-10-25(14(3)12-24)20(27)15-5-6-15/h7-8,11,13-15,19,23H,4-6,9-10,12H2,1-3H3. The molecule has 2 aliphatic rings. The topological polar surface area (TPSA) is 130 Å². The van der Waals surface area contributed by atoms with E-state index < -0.39 is 26.7 Å². The maximum Gasteiger partial charge on any atom is 0.289 e. The summed E-state index contributed by atoms with van der Waals surface area (Å²) in [5.74, 6) is -0.478. The van der Waals surface area contributed by atoms with Crippen LogP contribution in [0, 0.1) is 22.0 Å². The number of carbonyl (C=O) groups is 2. The van der Waals surface area contributed by atoms with Gasteiger partial charge in [0.25, 0.3) is 5.69 Å². The van der Waals surface area contributed by atoms with E-state index in [4.69, 9.17) is 11.6 Å². The number of carbonyl (C=O) groups excluding carboxylic acids is 2. The third kappa shape index (κ3) is 5.64. The Hall–Kier alpha value is -2.24. The molecule has 12 heteroatoms. The summed E-state index contributed by atoms with van der Waals surface area (Å²) in [6.07, 6.45) is 2.35. The summed E-state index contributed by atoms with van der Waals surface area (Å²) in [7, 11) is -4.24. The van der Waals surface area contributed by atoms with E-state index in [-0.39, 0.29) is 39.6 Å². The number of rotatable bonds is 8. The molecular formula is C21H29ClN4O6S. The number of hydrogen-bond acceptors (Lipinski definition) is 6. The Bertz CT molecular complexity index is 1050. The van der Waals surface area contributed by atoms with Crippen LogP contribution in [0.5, 0.6) is 0 Å². The molecule has 0 aromatic heterocycles. The largest absolute Gasteiger partial charge is 0.337 e. The molecule has 10 nitrogen and oxygen atoms in total. The van der Waals surface area contributed by atoms with Crippen LogP contribution < -0.4 is 4.72 Å². The molecule has 33 heavy (non-hydrogen) atoms. The van der Waals surface area contributed by atoms with Gasteiger partial charge in [-0.15, -0.1) is 0 Å². The lowest BCUT2D eigenvalue weighted by Crippen LogP contribution is -2.60. The van der Waals surface area contributed by atoms with Crippen LogP contribution in [0.4, 0.5) is 5.69 Å². The van der Waals surface area contributed by atoms with E-state index in [1.54, 1.807) is 16.7 Å². The van der Waals surface area contributed by atoms with E-state index >= 15 is 0 Å². The number of piperazine rings is 1. The molecule has 1 aromatic rings. The van der Waals surface area contributed by atoms with Crippen LogP contribution in [-0.2, 0) is 19.6 Å². The summed E-state index contributed by atoms with van der Waals surface area (Å²) in [6.45, 7) is 6.55. The highest BCUT2D eigenvalue weighted by Gasteiger charge is 2.40. The van der Waals surface area contributed by atoms with Crippen molar-refractivity contribution in [1.82, 2.24) is 14.5 Å². The van der Waals surface area contributed by atoms with Gasteiger partial charge in [0.15, 0.2) is 0 Å². The number of nitrogens with zero attached hydrogens (tertiary/aromatic N) is 3. The third-order valence-corrected chi connectivity index (χ3v) is 8.09. The predicted octanol–water partition coefficient (Wildman–Crippen LogP) is 2.41. The zero-order chi connectivity index (χ0) is 24.5. The first-order valence-corrected chi connectivity index (χ1v) is 12.9. The van der Waals surface area contributed by atoms with Crippen LogP contribution in [0.1, 0.15) is 40.0 Å². The highest BCUT2D eigenvalue weighted by atomic mass is 35.5. The van der Waals surface area contributed by atoms with E-state index in [1.807, 2.05) is 13.8 Å². The molecule has 1 aromatic carbocycles. The van der Waals surface area contributed by atoms with Crippen LogP contribution in [0.15, 0.2) is 23.1 Å². The highest BCUT2D eigenvalue weighted by Crippen LogP contribution is 2.32. The first-order valence-electron chi connectivity index (χ1n) is 11.0. The number of nitro groups is 1. The minimum absolute atomic E-state index is 0.0952. The fraction of sp³-hybridized carbons (Fsp3) is 0.619. The van der Waals surface area contributed by atoms with Gasteiger partial charge in [0.05, 0.1) is 9.82 Å². The molecule has 1 aliphatic carbocycles. The van der Waals surface area contributed by atoms with Crippen LogP contribution >= 0.6 is 11.6 Å². The van der Waals surface area contributed by atoms with Crippen molar-refractivity contribution in [2.24, 2.45) is 11.8 Å².